The highest BCUT2D eigenvalue weighted by Crippen LogP contribution is 2.30. The second kappa shape index (κ2) is 10.7. The fraction of sp³-hybridized carbons (Fsp3) is 0.696. The van der Waals surface area contributed by atoms with Gasteiger partial charge in [0.1, 0.15) is 0 Å². The van der Waals surface area contributed by atoms with Gasteiger partial charge in [0.15, 0.2) is 0 Å². The van der Waals surface area contributed by atoms with E-state index >= 15 is 0 Å². The van der Waals surface area contributed by atoms with Gasteiger partial charge in [0, 0.05) is 50.2 Å². The summed E-state index contributed by atoms with van der Waals surface area (Å²) in [4.78, 5) is 31.6. The maximum atomic E-state index is 12.7. The van der Waals surface area contributed by atoms with Gasteiger partial charge < -0.3 is 19.7 Å². The maximum absolute atomic E-state index is 12.7. The third-order valence-corrected chi connectivity index (χ3v) is 5.83. The van der Waals surface area contributed by atoms with E-state index in [0.29, 0.717) is 19.5 Å². The van der Waals surface area contributed by atoms with Gasteiger partial charge in [-0.15, -0.1) is 0 Å². The van der Waals surface area contributed by atoms with Crippen LogP contribution < -0.4 is 10.0 Å². The van der Waals surface area contributed by atoms with E-state index in [0.717, 1.165) is 38.0 Å². The van der Waals surface area contributed by atoms with Crippen LogP contribution in [0.15, 0.2) is 24.4 Å². The van der Waals surface area contributed by atoms with E-state index in [1.807, 2.05) is 29.3 Å². The number of rotatable bonds is 9. The molecule has 3 atom stereocenters. The highest BCUT2D eigenvalue weighted by molar-refractivity contribution is 5.77. The molecule has 2 heterocycles. The van der Waals surface area contributed by atoms with Crippen molar-refractivity contribution in [1.82, 2.24) is 9.88 Å². The lowest BCUT2D eigenvalue weighted by atomic mass is 9.80. The number of carbonyl (C=O) groups is 2. The molecule has 162 valence electrons. The molecule has 1 aromatic heterocycles. The number of aromatic nitrogens is 1. The Bertz CT molecular complexity index is 657. The second-order valence-electron chi connectivity index (χ2n) is 9.78. The minimum absolute atomic E-state index is 0.0374. The number of pyridine rings is 1. The van der Waals surface area contributed by atoms with Crippen molar-refractivity contribution in [1.29, 1.82) is 0 Å². The molecular formula is C23H37N3O3. The van der Waals surface area contributed by atoms with Crippen LogP contribution in [-0.2, 0) is 16.0 Å². The number of hydrogen-bond acceptors (Lipinski definition) is 4. The van der Waals surface area contributed by atoms with Crippen molar-refractivity contribution in [3.05, 3.63) is 30.1 Å². The predicted molar refractivity (Wildman–Crippen MR) is 111 cm³/mol. The summed E-state index contributed by atoms with van der Waals surface area (Å²) in [7, 11) is 2.17. The van der Waals surface area contributed by atoms with Crippen LogP contribution >= 0.6 is 0 Å². The molecule has 1 N–H and O–H groups in total. The molecular weight excluding hydrogens is 366 g/mol. The van der Waals surface area contributed by atoms with E-state index in [1.54, 1.807) is 0 Å². The van der Waals surface area contributed by atoms with Gasteiger partial charge in [-0.3, -0.25) is 9.78 Å². The number of likely N-dealkylation sites (tertiary alicyclic amines) is 1. The Balaban J connectivity index is 1.89. The summed E-state index contributed by atoms with van der Waals surface area (Å²) in [5.41, 5.74) is 1.06. The van der Waals surface area contributed by atoms with Crippen LogP contribution in [-0.4, -0.2) is 55.0 Å². The molecule has 1 aliphatic heterocycles. The monoisotopic (exact) mass is 403 g/mol. The van der Waals surface area contributed by atoms with Crippen LogP contribution in [0.1, 0.15) is 52.1 Å². The van der Waals surface area contributed by atoms with E-state index in [9.17, 15) is 14.7 Å². The molecule has 29 heavy (non-hydrogen) atoms. The molecule has 1 fully saturated rings. The summed E-state index contributed by atoms with van der Waals surface area (Å²) in [6.07, 6.45) is 5.04. The number of likely N-dealkylation sites (N-methyl/N-ethyl adjacent to an activating group) is 1. The molecule has 6 nitrogen and oxygen atoms in total. The molecule has 0 saturated carbocycles. The summed E-state index contributed by atoms with van der Waals surface area (Å²) in [6, 6.07) is 5.98. The third-order valence-electron chi connectivity index (χ3n) is 5.83. The van der Waals surface area contributed by atoms with E-state index in [1.165, 1.54) is 4.90 Å². The maximum Gasteiger partial charge on any atom is 0.223 e. The fourth-order valence-corrected chi connectivity index (χ4v) is 4.13. The molecule has 0 aromatic carbocycles. The summed E-state index contributed by atoms with van der Waals surface area (Å²) < 4.78 is 0. The zero-order chi connectivity index (χ0) is 21.4. The number of piperidine rings is 1. The van der Waals surface area contributed by atoms with E-state index in [-0.39, 0.29) is 29.6 Å². The van der Waals surface area contributed by atoms with Gasteiger partial charge >= 0.3 is 0 Å². The fourth-order valence-electron chi connectivity index (χ4n) is 4.13. The number of carboxylic acids is 1. The van der Waals surface area contributed by atoms with Gasteiger partial charge in [0.2, 0.25) is 5.91 Å². The van der Waals surface area contributed by atoms with Gasteiger partial charge in [0.25, 0.3) is 0 Å². The molecule has 1 aromatic rings. The second-order valence-corrected chi connectivity index (χ2v) is 9.78. The Morgan fingerprint density at radius 2 is 2.00 bits per heavy atom. The lowest BCUT2D eigenvalue weighted by Gasteiger charge is -2.40. The molecule has 0 spiro atoms. The zero-order valence-corrected chi connectivity index (χ0v) is 18.4. The largest absolute Gasteiger partial charge is 0.550 e. The first-order valence-electron chi connectivity index (χ1n) is 10.8. The minimum atomic E-state index is -0.981. The Hall–Kier alpha value is -1.95. The van der Waals surface area contributed by atoms with Crippen LogP contribution in [0.25, 0.3) is 0 Å². The van der Waals surface area contributed by atoms with Crippen LogP contribution in [0.4, 0.5) is 0 Å². The van der Waals surface area contributed by atoms with Gasteiger partial charge in [-0.25, -0.2) is 0 Å². The molecule has 2 rings (SSSR count). The van der Waals surface area contributed by atoms with Gasteiger partial charge in [-0.1, -0.05) is 26.8 Å². The molecule has 6 heteroatoms. The molecule has 1 amide bonds. The number of nitrogens with zero attached hydrogens (tertiary/aromatic N) is 2. The van der Waals surface area contributed by atoms with E-state index in [2.05, 4.69) is 32.8 Å². The summed E-state index contributed by atoms with van der Waals surface area (Å²) in [6.45, 7) is 9.50. The highest BCUT2D eigenvalue weighted by Gasteiger charge is 2.33. The summed E-state index contributed by atoms with van der Waals surface area (Å²) in [5, 5.41) is 11.2. The van der Waals surface area contributed by atoms with Gasteiger partial charge in [-0.05, 0) is 42.2 Å². The van der Waals surface area contributed by atoms with Crippen molar-refractivity contribution in [3.63, 3.8) is 0 Å². The highest BCUT2D eigenvalue weighted by atomic mass is 16.4. The standard InChI is InChI=1S/C23H37N3O3/c1-23(2,3)16-21(27)26-14-9-18(15-22(28)29)19(17-26)8-12-25(4)13-10-20-7-5-6-11-24-20/h5-7,11,18-19H,8-10,12-17H2,1-4H3,(H,28,29)/t18-,19-/m0/s1. The van der Waals surface area contributed by atoms with Crippen molar-refractivity contribution in [3.8, 4) is 0 Å². The smallest absolute Gasteiger partial charge is 0.223 e. The molecule has 0 bridgehead atoms. The summed E-state index contributed by atoms with van der Waals surface area (Å²) in [5.74, 6) is -0.478. The van der Waals surface area contributed by atoms with Crippen molar-refractivity contribution in [2.45, 2.75) is 52.9 Å². The number of carboxylic acid groups (broad SMARTS) is 1. The first kappa shape index (κ1) is 23.3. The van der Waals surface area contributed by atoms with Crippen LogP contribution in [0, 0.1) is 17.3 Å². The van der Waals surface area contributed by atoms with Crippen molar-refractivity contribution >= 4 is 11.9 Å². The Kier molecular flexibility index (Phi) is 8.62. The summed E-state index contributed by atoms with van der Waals surface area (Å²) >= 11 is 0. The number of quaternary nitrogens is 1. The van der Waals surface area contributed by atoms with Crippen molar-refractivity contribution < 1.29 is 19.6 Å². The lowest BCUT2D eigenvalue weighted by Crippen LogP contribution is -3.09. The minimum Gasteiger partial charge on any atom is -0.550 e. The molecule has 1 unspecified atom stereocenters. The lowest BCUT2D eigenvalue weighted by molar-refractivity contribution is -0.880. The molecule has 0 aliphatic carbocycles. The molecule has 1 aliphatic rings. The molecule has 0 radical (unpaired) electrons. The number of amides is 1. The number of carbonyl (C=O) groups excluding carboxylic acids is 2. The predicted octanol–water partition coefficient (Wildman–Crippen LogP) is 0.570. The number of nitrogens with one attached hydrogen (secondary N) is 1. The Morgan fingerprint density at radius 3 is 2.62 bits per heavy atom. The average Bonchev–Trinajstić information content (AvgIpc) is 2.64. The number of hydrogen-bond donors (Lipinski definition) is 1. The zero-order valence-electron chi connectivity index (χ0n) is 18.4. The van der Waals surface area contributed by atoms with Gasteiger partial charge in [0.05, 0.1) is 20.1 Å². The van der Waals surface area contributed by atoms with Gasteiger partial charge in [-0.2, -0.15) is 0 Å². The number of aliphatic carboxylic acids is 1. The first-order valence-corrected chi connectivity index (χ1v) is 10.8. The van der Waals surface area contributed by atoms with Crippen LogP contribution in [0.3, 0.4) is 0 Å². The van der Waals surface area contributed by atoms with Crippen LogP contribution in [0.5, 0.6) is 0 Å². The Morgan fingerprint density at radius 1 is 1.24 bits per heavy atom. The quantitative estimate of drug-likeness (QED) is 0.654. The van der Waals surface area contributed by atoms with Crippen molar-refractivity contribution in [2.24, 2.45) is 17.3 Å². The van der Waals surface area contributed by atoms with E-state index in [4.69, 9.17) is 0 Å². The first-order chi connectivity index (χ1) is 13.6. The van der Waals surface area contributed by atoms with E-state index < -0.39 is 5.97 Å². The molecule has 1 saturated heterocycles. The third kappa shape index (κ3) is 8.52. The topological polar surface area (TPSA) is 77.8 Å². The Labute approximate surface area is 175 Å². The average molecular weight is 404 g/mol. The normalized spacial score (nSPS) is 21.0. The van der Waals surface area contributed by atoms with Crippen molar-refractivity contribution in [2.75, 3.05) is 33.2 Å². The SMILES string of the molecule is C[NH+](CCc1ccccn1)CC[C@H]1CN(C(=O)CC(C)(C)C)CC[C@H]1CC(=O)[O-]. The van der Waals surface area contributed by atoms with Crippen LogP contribution in [0.2, 0.25) is 0 Å².